The fourth-order valence-corrected chi connectivity index (χ4v) is 2.68. The molecule has 3 N–H and O–H groups in total. The first-order valence-corrected chi connectivity index (χ1v) is 7.85. The van der Waals surface area contributed by atoms with E-state index < -0.39 is 0 Å². The van der Waals surface area contributed by atoms with Crippen LogP contribution in [-0.2, 0) is 4.74 Å². The Morgan fingerprint density at radius 1 is 1.24 bits per heavy atom. The van der Waals surface area contributed by atoms with Gasteiger partial charge in [-0.2, -0.15) is 0 Å². The second kappa shape index (κ2) is 8.97. The third-order valence-electron chi connectivity index (χ3n) is 3.86. The topological polar surface area (TPSA) is 69.4 Å². The number of nitrogens with zero attached hydrogens (tertiary/aromatic N) is 1. The van der Waals surface area contributed by atoms with Crippen molar-refractivity contribution in [1.29, 1.82) is 0 Å². The third-order valence-corrected chi connectivity index (χ3v) is 3.86. The number of hydrogen-bond acceptors (Lipinski definition) is 5. The minimum atomic E-state index is -0.339. The van der Waals surface area contributed by atoms with Crippen LogP contribution in [0.4, 0.5) is 0 Å². The largest absolute Gasteiger partial charge is 0.492 e. The lowest BCUT2D eigenvalue weighted by Gasteiger charge is -2.39. The highest BCUT2D eigenvalue weighted by Crippen LogP contribution is 2.35. The van der Waals surface area contributed by atoms with Crippen LogP contribution in [-0.4, -0.2) is 23.8 Å². The molecule has 0 aliphatic rings. The zero-order valence-electron chi connectivity index (χ0n) is 13.7. The van der Waals surface area contributed by atoms with E-state index in [9.17, 15) is 0 Å². The SMILES string of the molecule is CCCOc1cncc(C(NN)C(CC)(CC)OCC)c1. The summed E-state index contributed by atoms with van der Waals surface area (Å²) in [6, 6.07) is 1.87. The van der Waals surface area contributed by atoms with Gasteiger partial charge in [0.05, 0.1) is 24.4 Å². The Bertz CT molecular complexity index is 408. The smallest absolute Gasteiger partial charge is 0.137 e. The molecule has 1 unspecified atom stereocenters. The zero-order chi connectivity index (χ0) is 15.7. The molecule has 0 saturated carbocycles. The predicted octanol–water partition coefficient (Wildman–Crippen LogP) is 2.97. The van der Waals surface area contributed by atoms with Crippen LogP contribution in [0.3, 0.4) is 0 Å². The highest BCUT2D eigenvalue weighted by molar-refractivity contribution is 5.28. The van der Waals surface area contributed by atoms with Crippen molar-refractivity contribution in [3.05, 3.63) is 24.0 Å². The van der Waals surface area contributed by atoms with Crippen molar-refractivity contribution >= 4 is 0 Å². The number of rotatable bonds is 10. The second-order valence-electron chi connectivity index (χ2n) is 5.11. The maximum atomic E-state index is 6.05. The number of aromatic nitrogens is 1. The maximum Gasteiger partial charge on any atom is 0.137 e. The zero-order valence-corrected chi connectivity index (χ0v) is 13.7. The quantitative estimate of drug-likeness (QED) is 0.513. The number of hydrazine groups is 1. The van der Waals surface area contributed by atoms with Crippen LogP contribution in [0.15, 0.2) is 18.5 Å². The first-order chi connectivity index (χ1) is 10.2. The van der Waals surface area contributed by atoms with E-state index in [1.807, 2.05) is 19.2 Å². The van der Waals surface area contributed by atoms with Crippen molar-refractivity contribution in [2.75, 3.05) is 13.2 Å². The average molecular weight is 295 g/mol. The van der Waals surface area contributed by atoms with E-state index in [4.69, 9.17) is 15.3 Å². The number of nitrogens with two attached hydrogens (primary N) is 1. The van der Waals surface area contributed by atoms with Crippen LogP contribution in [0, 0.1) is 0 Å². The van der Waals surface area contributed by atoms with Gasteiger partial charge in [0.25, 0.3) is 0 Å². The van der Waals surface area contributed by atoms with E-state index >= 15 is 0 Å². The van der Waals surface area contributed by atoms with Crippen LogP contribution in [0.25, 0.3) is 0 Å². The number of pyridine rings is 1. The molecule has 1 heterocycles. The number of hydrogen-bond donors (Lipinski definition) is 2. The molecular weight excluding hydrogens is 266 g/mol. The summed E-state index contributed by atoms with van der Waals surface area (Å²) in [7, 11) is 0. The molecule has 0 amide bonds. The minimum absolute atomic E-state index is 0.120. The molecule has 1 atom stereocenters. The molecule has 0 bridgehead atoms. The van der Waals surface area contributed by atoms with Crippen molar-refractivity contribution in [3.63, 3.8) is 0 Å². The lowest BCUT2D eigenvalue weighted by atomic mass is 9.84. The summed E-state index contributed by atoms with van der Waals surface area (Å²) in [5.41, 5.74) is 3.56. The van der Waals surface area contributed by atoms with E-state index in [0.29, 0.717) is 13.2 Å². The van der Waals surface area contributed by atoms with Crippen LogP contribution in [0.5, 0.6) is 5.75 Å². The highest BCUT2D eigenvalue weighted by atomic mass is 16.5. The predicted molar refractivity (Wildman–Crippen MR) is 85.0 cm³/mol. The van der Waals surface area contributed by atoms with Crippen LogP contribution in [0.1, 0.15) is 58.6 Å². The van der Waals surface area contributed by atoms with E-state index in [1.165, 1.54) is 0 Å². The summed E-state index contributed by atoms with van der Waals surface area (Å²) < 4.78 is 11.7. The van der Waals surface area contributed by atoms with Gasteiger partial charge in [0.1, 0.15) is 5.75 Å². The van der Waals surface area contributed by atoms with E-state index in [2.05, 4.69) is 31.2 Å². The van der Waals surface area contributed by atoms with Crippen molar-refractivity contribution in [2.24, 2.45) is 5.84 Å². The van der Waals surface area contributed by atoms with Gasteiger partial charge < -0.3 is 9.47 Å². The first kappa shape index (κ1) is 17.9. The Kier molecular flexibility index (Phi) is 7.64. The summed E-state index contributed by atoms with van der Waals surface area (Å²) in [5, 5.41) is 0. The van der Waals surface area contributed by atoms with Crippen molar-refractivity contribution in [3.8, 4) is 5.75 Å². The molecule has 0 spiro atoms. The van der Waals surface area contributed by atoms with Gasteiger partial charge in [0.15, 0.2) is 0 Å². The van der Waals surface area contributed by atoms with Crippen molar-refractivity contribution < 1.29 is 9.47 Å². The van der Waals surface area contributed by atoms with Crippen LogP contribution >= 0.6 is 0 Å². The van der Waals surface area contributed by atoms with Gasteiger partial charge in [0.2, 0.25) is 0 Å². The molecule has 0 aromatic carbocycles. The molecule has 0 aliphatic heterocycles. The first-order valence-electron chi connectivity index (χ1n) is 7.85. The molecule has 1 aromatic rings. The molecule has 5 nitrogen and oxygen atoms in total. The van der Waals surface area contributed by atoms with Gasteiger partial charge in [0, 0.05) is 12.8 Å². The number of ether oxygens (including phenoxy) is 2. The van der Waals surface area contributed by atoms with E-state index in [-0.39, 0.29) is 11.6 Å². The summed E-state index contributed by atoms with van der Waals surface area (Å²) in [6.45, 7) is 9.66. The summed E-state index contributed by atoms with van der Waals surface area (Å²) in [4.78, 5) is 4.27. The third kappa shape index (κ3) is 4.40. The molecule has 0 radical (unpaired) electrons. The van der Waals surface area contributed by atoms with Gasteiger partial charge in [-0.05, 0) is 37.8 Å². The fraction of sp³-hybridized carbons (Fsp3) is 0.688. The Morgan fingerprint density at radius 2 is 1.95 bits per heavy atom. The normalized spacial score (nSPS) is 13.2. The van der Waals surface area contributed by atoms with E-state index in [1.54, 1.807) is 6.20 Å². The molecule has 120 valence electrons. The minimum Gasteiger partial charge on any atom is -0.492 e. The Balaban J connectivity index is 3.07. The fourth-order valence-electron chi connectivity index (χ4n) is 2.68. The van der Waals surface area contributed by atoms with Gasteiger partial charge in [-0.3, -0.25) is 16.3 Å². The summed E-state index contributed by atoms with van der Waals surface area (Å²) in [5.74, 6) is 6.59. The molecule has 0 aliphatic carbocycles. The Morgan fingerprint density at radius 3 is 2.48 bits per heavy atom. The van der Waals surface area contributed by atoms with Crippen LogP contribution in [0.2, 0.25) is 0 Å². The monoisotopic (exact) mass is 295 g/mol. The van der Waals surface area contributed by atoms with Gasteiger partial charge in [-0.25, -0.2) is 0 Å². The van der Waals surface area contributed by atoms with Gasteiger partial charge in [-0.1, -0.05) is 20.8 Å². The van der Waals surface area contributed by atoms with Crippen molar-refractivity contribution in [2.45, 2.75) is 58.6 Å². The average Bonchev–Trinajstić information content (AvgIpc) is 2.53. The lowest BCUT2D eigenvalue weighted by molar-refractivity contribution is -0.0735. The molecular formula is C16H29N3O2. The molecule has 5 heteroatoms. The molecule has 21 heavy (non-hydrogen) atoms. The summed E-state index contributed by atoms with van der Waals surface area (Å²) >= 11 is 0. The highest BCUT2D eigenvalue weighted by Gasteiger charge is 2.37. The van der Waals surface area contributed by atoms with Crippen LogP contribution < -0.4 is 16.0 Å². The molecule has 1 aromatic heterocycles. The maximum absolute atomic E-state index is 6.05. The molecule has 0 fully saturated rings. The lowest BCUT2D eigenvalue weighted by Crippen LogP contribution is -2.48. The molecule has 0 saturated heterocycles. The standard InChI is InChI=1S/C16H29N3O2/c1-5-9-20-14-10-13(11-18-12-14)15(19-17)16(6-2,7-3)21-8-4/h10-12,15,19H,5-9,17H2,1-4H3. The van der Waals surface area contributed by atoms with Gasteiger partial charge >= 0.3 is 0 Å². The molecule has 1 rings (SSSR count). The number of nitrogens with one attached hydrogen (secondary N) is 1. The Labute approximate surface area is 128 Å². The van der Waals surface area contributed by atoms with E-state index in [0.717, 1.165) is 30.6 Å². The van der Waals surface area contributed by atoms with Gasteiger partial charge in [-0.15, -0.1) is 0 Å². The van der Waals surface area contributed by atoms with Crippen molar-refractivity contribution in [1.82, 2.24) is 10.4 Å². The Hall–Kier alpha value is -1.17. The summed E-state index contributed by atoms with van der Waals surface area (Å²) in [6.07, 6.45) is 6.25. The second-order valence-corrected chi connectivity index (χ2v) is 5.11.